The molecule has 0 N–H and O–H groups in total. The van der Waals surface area contributed by atoms with Gasteiger partial charge in [-0.05, 0) is 18.7 Å². The standard InChI is InChI=1S/C6H13NS/c1-6-3-7(2)5-8-4-6/h6H,3-5H2,1-2H3. The molecule has 1 fully saturated rings. The summed E-state index contributed by atoms with van der Waals surface area (Å²) in [5, 5.41) is 0. The second-order valence-corrected chi connectivity index (χ2v) is 3.64. The van der Waals surface area contributed by atoms with Crippen molar-refractivity contribution in [1.29, 1.82) is 0 Å². The maximum atomic E-state index is 2.37. The molecule has 1 aliphatic heterocycles. The molecule has 1 unspecified atom stereocenters. The van der Waals surface area contributed by atoms with Crippen LogP contribution in [0.4, 0.5) is 0 Å². The Morgan fingerprint density at radius 1 is 1.62 bits per heavy atom. The zero-order chi connectivity index (χ0) is 5.98. The molecule has 0 aromatic carbocycles. The first kappa shape index (κ1) is 6.43. The topological polar surface area (TPSA) is 3.24 Å². The number of nitrogens with zero attached hydrogens (tertiary/aromatic N) is 1. The van der Waals surface area contributed by atoms with E-state index in [0.717, 1.165) is 5.92 Å². The Balaban J connectivity index is 2.23. The van der Waals surface area contributed by atoms with Crippen LogP contribution < -0.4 is 0 Å². The van der Waals surface area contributed by atoms with Crippen LogP contribution in [0.1, 0.15) is 6.92 Å². The van der Waals surface area contributed by atoms with Crippen molar-refractivity contribution in [2.24, 2.45) is 5.92 Å². The minimum absolute atomic E-state index is 0.902. The van der Waals surface area contributed by atoms with Crippen molar-refractivity contribution >= 4 is 11.8 Å². The second-order valence-electron chi connectivity index (χ2n) is 2.64. The molecule has 0 bridgehead atoms. The highest BCUT2D eigenvalue weighted by molar-refractivity contribution is 7.99. The molecule has 1 rings (SSSR count). The Morgan fingerprint density at radius 3 is 2.75 bits per heavy atom. The molecular formula is C6H13NS. The fourth-order valence-corrected chi connectivity index (χ4v) is 2.08. The molecule has 0 radical (unpaired) electrons. The monoisotopic (exact) mass is 131 g/mol. The Hall–Kier alpha value is 0.310. The predicted molar refractivity (Wildman–Crippen MR) is 39.1 cm³/mol. The molecule has 0 amide bonds. The zero-order valence-corrected chi connectivity index (χ0v) is 6.37. The summed E-state index contributed by atoms with van der Waals surface area (Å²) in [6.07, 6.45) is 0. The third-order valence-corrected chi connectivity index (χ3v) is 2.77. The predicted octanol–water partition coefficient (Wildman–Crippen LogP) is 1.26. The number of thioether (sulfide) groups is 1. The first-order valence-corrected chi connectivity index (χ1v) is 4.21. The van der Waals surface area contributed by atoms with E-state index in [2.05, 4.69) is 18.9 Å². The zero-order valence-electron chi connectivity index (χ0n) is 5.55. The smallest absolute Gasteiger partial charge is 0.0441 e. The van der Waals surface area contributed by atoms with Gasteiger partial charge in [0.05, 0.1) is 0 Å². The fourth-order valence-electron chi connectivity index (χ4n) is 1.05. The van der Waals surface area contributed by atoms with E-state index < -0.39 is 0 Å². The van der Waals surface area contributed by atoms with E-state index in [-0.39, 0.29) is 0 Å². The van der Waals surface area contributed by atoms with Gasteiger partial charge >= 0.3 is 0 Å². The van der Waals surface area contributed by atoms with Gasteiger partial charge in [0, 0.05) is 12.4 Å². The van der Waals surface area contributed by atoms with Crippen LogP contribution in [-0.2, 0) is 0 Å². The van der Waals surface area contributed by atoms with E-state index >= 15 is 0 Å². The number of rotatable bonds is 0. The van der Waals surface area contributed by atoms with Gasteiger partial charge in [0.15, 0.2) is 0 Å². The molecule has 8 heavy (non-hydrogen) atoms. The van der Waals surface area contributed by atoms with Crippen LogP contribution in [0.25, 0.3) is 0 Å². The van der Waals surface area contributed by atoms with Crippen molar-refractivity contribution in [2.75, 3.05) is 25.2 Å². The van der Waals surface area contributed by atoms with E-state index in [1.807, 2.05) is 11.8 Å². The minimum Gasteiger partial charge on any atom is -0.297 e. The van der Waals surface area contributed by atoms with E-state index in [9.17, 15) is 0 Å². The lowest BCUT2D eigenvalue weighted by Gasteiger charge is -2.26. The average molecular weight is 131 g/mol. The van der Waals surface area contributed by atoms with E-state index in [1.54, 1.807) is 0 Å². The average Bonchev–Trinajstić information content (AvgIpc) is 1.64. The van der Waals surface area contributed by atoms with Crippen molar-refractivity contribution in [2.45, 2.75) is 6.92 Å². The third kappa shape index (κ3) is 1.67. The fraction of sp³-hybridized carbons (Fsp3) is 1.00. The van der Waals surface area contributed by atoms with Gasteiger partial charge in [-0.1, -0.05) is 6.92 Å². The summed E-state index contributed by atoms with van der Waals surface area (Å²) >= 11 is 2.04. The van der Waals surface area contributed by atoms with Crippen molar-refractivity contribution in [3.8, 4) is 0 Å². The van der Waals surface area contributed by atoms with Gasteiger partial charge in [0.25, 0.3) is 0 Å². The van der Waals surface area contributed by atoms with Crippen LogP contribution >= 0.6 is 11.8 Å². The number of hydrogen-bond acceptors (Lipinski definition) is 2. The summed E-state index contributed by atoms with van der Waals surface area (Å²) in [5.74, 6) is 3.48. The Kier molecular flexibility index (Phi) is 2.20. The molecule has 0 aliphatic carbocycles. The molecule has 48 valence electrons. The van der Waals surface area contributed by atoms with Crippen molar-refractivity contribution in [3.05, 3.63) is 0 Å². The summed E-state index contributed by atoms with van der Waals surface area (Å²) in [6, 6.07) is 0. The molecule has 1 atom stereocenters. The van der Waals surface area contributed by atoms with Crippen molar-refractivity contribution in [1.82, 2.24) is 4.90 Å². The molecule has 1 nitrogen and oxygen atoms in total. The SMILES string of the molecule is CC1CSCN(C)C1. The largest absolute Gasteiger partial charge is 0.297 e. The highest BCUT2D eigenvalue weighted by atomic mass is 32.2. The van der Waals surface area contributed by atoms with Gasteiger partial charge in [-0.2, -0.15) is 0 Å². The third-order valence-electron chi connectivity index (χ3n) is 1.34. The first-order valence-electron chi connectivity index (χ1n) is 3.05. The molecule has 1 aliphatic rings. The molecule has 2 heteroatoms. The summed E-state index contributed by atoms with van der Waals surface area (Å²) in [7, 11) is 2.18. The highest BCUT2D eigenvalue weighted by Gasteiger charge is 2.11. The summed E-state index contributed by atoms with van der Waals surface area (Å²) in [4.78, 5) is 2.37. The van der Waals surface area contributed by atoms with Gasteiger partial charge in [-0.3, -0.25) is 4.90 Å². The molecule has 0 aromatic heterocycles. The summed E-state index contributed by atoms with van der Waals surface area (Å²) < 4.78 is 0. The molecule has 0 aromatic rings. The molecule has 0 spiro atoms. The lowest BCUT2D eigenvalue weighted by atomic mass is 10.2. The summed E-state index contributed by atoms with van der Waals surface area (Å²) in [6.45, 7) is 3.59. The molecular weight excluding hydrogens is 118 g/mol. The van der Waals surface area contributed by atoms with Crippen LogP contribution in [-0.4, -0.2) is 30.1 Å². The van der Waals surface area contributed by atoms with E-state index in [0.29, 0.717) is 0 Å². The normalized spacial score (nSPS) is 33.0. The summed E-state index contributed by atoms with van der Waals surface area (Å²) in [5.41, 5.74) is 0. The van der Waals surface area contributed by atoms with Crippen LogP contribution in [0.3, 0.4) is 0 Å². The maximum Gasteiger partial charge on any atom is 0.0441 e. The van der Waals surface area contributed by atoms with Gasteiger partial charge in [-0.25, -0.2) is 0 Å². The van der Waals surface area contributed by atoms with E-state index in [4.69, 9.17) is 0 Å². The molecule has 0 saturated carbocycles. The van der Waals surface area contributed by atoms with Gasteiger partial charge in [0.1, 0.15) is 0 Å². The van der Waals surface area contributed by atoms with Gasteiger partial charge < -0.3 is 0 Å². The lowest BCUT2D eigenvalue weighted by molar-refractivity contribution is 0.331. The quantitative estimate of drug-likeness (QED) is 0.487. The lowest BCUT2D eigenvalue weighted by Crippen LogP contribution is -2.30. The molecule has 1 saturated heterocycles. The second kappa shape index (κ2) is 2.74. The van der Waals surface area contributed by atoms with Crippen LogP contribution in [0.2, 0.25) is 0 Å². The van der Waals surface area contributed by atoms with Gasteiger partial charge in [-0.15, -0.1) is 11.8 Å². The van der Waals surface area contributed by atoms with Crippen molar-refractivity contribution < 1.29 is 0 Å². The van der Waals surface area contributed by atoms with E-state index in [1.165, 1.54) is 18.2 Å². The van der Waals surface area contributed by atoms with Gasteiger partial charge in [0.2, 0.25) is 0 Å². The Bertz CT molecular complexity index is 66.9. The minimum atomic E-state index is 0.902. The highest BCUT2D eigenvalue weighted by Crippen LogP contribution is 2.16. The first-order chi connectivity index (χ1) is 3.79. The Morgan fingerprint density at radius 2 is 2.38 bits per heavy atom. The molecule has 1 heterocycles. The van der Waals surface area contributed by atoms with Crippen LogP contribution in [0.15, 0.2) is 0 Å². The van der Waals surface area contributed by atoms with Crippen LogP contribution in [0, 0.1) is 5.92 Å². The number of hydrogen-bond donors (Lipinski definition) is 0. The van der Waals surface area contributed by atoms with Crippen molar-refractivity contribution in [3.63, 3.8) is 0 Å². The van der Waals surface area contributed by atoms with Crippen LogP contribution in [0.5, 0.6) is 0 Å². The Labute approximate surface area is 55.4 Å². The maximum absolute atomic E-state index is 2.37.